The first-order valence-corrected chi connectivity index (χ1v) is 6.16. The lowest BCUT2D eigenvalue weighted by atomic mass is 9.80. The number of hydrogen-bond donors (Lipinski definition) is 3. The number of nitrogens with zero attached hydrogens (tertiary/aromatic N) is 1. The van der Waals surface area contributed by atoms with Gasteiger partial charge in [-0.25, -0.2) is 4.98 Å². The summed E-state index contributed by atoms with van der Waals surface area (Å²) in [7, 11) is 0. The standard InChI is InChI=1S/C12H20N4O/c1-7-3-8(2)5-9(4-7)16-11-10(13)12(17)15-6-14-11/h6-9H,3-5,13H2,1-2H3,(H2,14,15,16,17). The van der Waals surface area contributed by atoms with Gasteiger partial charge < -0.3 is 16.0 Å². The molecule has 2 atom stereocenters. The van der Waals surface area contributed by atoms with E-state index in [0.717, 1.165) is 12.8 Å². The van der Waals surface area contributed by atoms with Crippen molar-refractivity contribution in [1.82, 2.24) is 9.97 Å². The van der Waals surface area contributed by atoms with Crippen molar-refractivity contribution in [2.75, 3.05) is 11.1 Å². The number of nitrogens with one attached hydrogen (secondary N) is 2. The maximum Gasteiger partial charge on any atom is 0.276 e. The summed E-state index contributed by atoms with van der Waals surface area (Å²) in [5, 5.41) is 3.29. The molecular formula is C12H20N4O. The lowest BCUT2D eigenvalue weighted by molar-refractivity contribution is 0.280. The highest BCUT2D eigenvalue weighted by atomic mass is 16.1. The molecule has 0 bridgehead atoms. The van der Waals surface area contributed by atoms with Crippen LogP contribution in [-0.2, 0) is 0 Å². The van der Waals surface area contributed by atoms with Crippen molar-refractivity contribution in [3.63, 3.8) is 0 Å². The zero-order valence-electron chi connectivity index (χ0n) is 10.4. The Bertz CT molecular complexity index is 432. The third kappa shape index (κ3) is 2.78. The van der Waals surface area contributed by atoms with Gasteiger partial charge in [0.25, 0.3) is 5.56 Å². The van der Waals surface area contributed by atoms with Gasteiger partial charge in [0.15, 0.2) is 5.82 Å². The summed E-state index contributed by atoms with van der Waals surface area (Å²) < 4.78 is 0. The van der Waals surface area contributed by atoms with Crippen LogP contribution in [0, 0.1) is 11.8 Å². The molecule has 1 aromatic rings. The Hall–Kier alpha value is -1.52. The first-order chi connectivity index (χ1) is 8.06. The number of rotatable bonds is 2. The van der Waals surface area contributed by atoms with E-state index in [1.165, 1.54) is 12.7 Å². The summed E-state index contributed by atoms with van der Waals surface area (Å²) >= 11 is 0. The van der Waals surface area contributed by atoms with E-state index >= 15 is 0 Å². The number of aromatic amines is 1. The topological polar surface area (TPSA) is 83.8 Å². The minimum Gasteiger partial charge on any atom is -0.391 e. The summed E-state index contributed by atoms with van der Waals surface area (Å²) in [4.78, 5) is 17.9. The lowest BCUT2D eigenvalue weighted by Crippen LogP contribution is -2.31. The van der Waals surface area contributed by atoms with Gasteiger partial charge in [-0.2, -0.15) is 0 Å². The summed E-state index contributed by atoms with van der Waals surface area (Å²) in [6.45, 7) is 4.53. The Balaban J connectivity index is 2.10. The Morgan fingerprint density at radius 1 is 1.35 bits per heavy atom. The van der Waals surface area contributed by atoms with Crippen molar-refractivity contribution in [3.05, 3.63) is 16.7 Å². The Kier molecular flexibility index (Phi) is 3.36. The molecule has 0 spiro atoms. The normalized spacial score (nSPS) is 28.9. The molecular weight excluding hydrogens is 216 g/mol. The van der Waals surface area contributed by atoms with Crippen LogP contribution in [0.25, 0.3) is 0 Å². The quantitative estimate of drug-likeness (QED) is 0.728. The minimum absolute atomic E-state index is 0.179. The molecule has 1 aliphatic rings. The molecule has 1 aliphatic carbocycles. The van der Waals surface area contributed by atoms with E-state index < -0.39 is 0 Å². The van der Waals surface area contributed by atoms with Crippen LogP contribution in [0.1, 0.15) is 33.1 Å². The number of hydrogen-bond acceptors (Lipinski definition) is 4. The summed E-state index contributed by atoms with van der Waals surface area (Å²) in [6, 6.07) is 0.366. The molecule has 4 N–H and O–H groups in total. The number of nitrogen functional groups attached to an aromatic ring is 1. The molecule has 0 saturated heterocycles. The van der Waals surface area contributed by atoms with E-state index in [4.69, 9.17) is 5.73 Å². The second-order valence-corrected chi connectivity index (χ2v) is 5.25. The molecule has 1 fully saturated rings. The molecule has 2 rings (SSSR count). The van der Waals surface area contributed by atoms with Crippen LogP contribution in [0.2, 0.25) is 0 Å². The molecule has 0 radical (unpaired) electrons. The van der Waals surface area contributed by atoms with E-state index in [1.807, 2.05) is 0 Å². The van der Waals surface area contributed by atoms with Crippen LogP contribution < -0.4 is 16.6 Å². The van der Waals surface area contributed by atoms with Gasteiger partial charge >= 0.3 is 0 Å². The Morgan fingerprint density at radius 3 is 2.65 bits per heavy atom. The predicted molar refractivity (Wildman–Crippen MR) is 68.9 cm³/mol. The van der Waals surface area contributed by atoms with Crippen molar-refractivity contribution in [2.24, 2.45) is 11.8 Å². The van der Waals surface area contributed by atoms with E-state index in [9.17, 15) is 4.79 Å². The molecule has 5 heteroatoms. The number of nitrogens with two attached hydrogens (primary N) is 1. The first-order valence-electron chi connectivity index (χ1n) is 6.16. The maximum absolute atomic E-state index is 11.3. The zero-order valence-corrected chi connectivity index (χ0v) is 10.4. The molecule has 94 valence electrons. The second kappa shape index (κ2) is 4.77. The van der Waals surface area contributed by atoms with Crippen molar-refractivity contribution in [2.45, 2.75) is 39.2 Å². The van der Waals surface area contributed by atoms with Crippen LogP contribution in [0.15, 0.2) is 11.1 Å². The summed E-state index contributed by atoms with van der Waals surface area (Å²) in [6.07, 6.45) is 4.88. The smallest absolute Gasteiger partial charge is 0.276 e. The highest BCUT2D eigenvalue weighted by Gasteiger charge is 2.24. The van der Waals surface area contributed by atoms with Crippen molar-refractivity contribution >= 4 is 11.5 Å². The van der Waals surface area contributed by atoms with Crippen molar-refractivity contribution in [3.8, 4) is 0 Å². The SMILES string of the molecule is CC1CC(C)CC(Nc2nc[nH]c(=O)c2N)C1. The Labute approximate surface area is 101 Å². The van der Waals surface area contributed by atoms with Gasteiger partial charge in [-0.3, -0.25) is 4.79 Å². The molecule has 0 aromatic carbocycles. The molecule has 0 amide bonds. The van der Waals surface area contributed by atoms with Crippen molar-refractivity contribution < 1.29 is 0 Å². The van der Waals surface area contributed by atoms with E-state index in [2.05, 4.69) is 29.1 Å². The maximum atomic E-state index is 11.3. The minimum atomic E-state index is -0.278. The average Bonchev–Trinajstić information content (AvgIpc) is 2.23. The second-order valence-electron chi connectivity index (χ2n) is 5.25. The lowest BCUT2D eigenvalue weighted by Gasteiger charge is -2.32. The number of H-pyrrole nitrogens is 1. The summed E-state index contributed by atoms with van der Waals surface area (Å²) in [5.41, 5.74) is 5.60. The molecule has 17 heavy (non-hydrogen) atoms. The van der Waals surface area contributed by atoms with Crippen LogP contribution in [0.3, 0.4) is 0 Å². The Morgan fingerprint density at radius 2 is 2.00 bits per heavy atom. The highest BCUT2D eigenvalue weighted by molar-refractivity contribution is 5.59. The zero-order chi connectivity index (χ0) is 12.4. The molecule has 1 saturated carbocycles. The van der Waals surface area contributed by atoms with Crippen LogP contribution in [0.5, 0.6) is 0 Å². The fourth-order valence-electron chi connectivity index (χ4n) is 2.78. The van der Waals surface area contributed by atoms with Gasteiger partial charge in [-0.1, -0.05) is 13.8 Å². The van der Waals surface area contributed by atoms with Crippen LogP contribution in [-0.4, -0.2) is 16.0 Å². The van der Waals surface area contributed by atoms with Crippen LogP contribution >= 0.6 is 0 Å². The third-order valence-electron chi connectivity index (χ3n) is 3.41. The predicted octanol–water partition coefficient (Wildman–Crippen LogP) is 1.59. The monoisotopic (exact) mass is 236 g/mol. The average molecular weight is 236 g/mol. The fourth-order valence-corrected chi connectivity index (χ4v) is 2.78. The van der Waals surface area contributed by atoms with Gasteiger partial charge in [-0.05, 0) is 31.1 Å². The van der Waals surface area contributed by atoms with Gasteiger partial charge in [0, 0.05) is 6.04 Å². The molecule has 1 aromatic heterocycles. The molecule has 2 unspecified atom stereocenters. The van der Waals surface area contributed by atoms with Gasteiger partial charge in [-0.15, -0.1) is 0 Å². The molecule has 1 heterocycles. The van der Waals surface area contributed by atoms with Gasteiger partial charge in [0.2, 0.25) is 0 Å². The third-order valence-corrected chi connectivity index (χ3v) is 3.41. The fraction of sp³-hybridized carbons (Fsp3) is 0.667. The molecule has 0 aliphatic heterocycles. The van der Waals surface area contributed by atoms with Crippen molar-refractivity contribution in [1.29, 1.82) is 0 Å². The van der Waals surface area contributed by atoms with Gasteiger partial charge in [0.05, 0.1) is 6.33 Å². The largest absolute Gasteiger partial charge is 0.391 e. The highest BCUT2D eigenvalue weighted by Crippen LogP contribution is 2.30. The van der Waals surface area contributed by atoms with E-state index in [0.29, 0.717) is 23.7 Å². The number of aromatic nitrogens is 2. The van der Waals surface area contributed by atoms with Gasteiger partial charge in [0.1, 0.15) is 5.69 Å². The molecule has 5 nitrogen and oxygen atoms in total. The first kappa shape index (κ1) is 12.0. The van der Waals surface area contributed by atoms with E-state index in [-0.39, 0.29) is 11.2 Å². The van der Waals surface area contributed by atoms with Crippen LogP contribution in [0.4, 0.5) is 11.5 Å². The number of anilines is 2. The summed E-state index contributed by atoms with van der Waals surface area (Å²) in [5.74, 6) is 1.93. The van der Waals surface area contributed by atoms with E-state index in [1.54, 1.807) is 0 Å².